The zero-order chi connectivity index (χ0) is 29.5. The van der Waals surface area contributed by atoms with Gasteiger partial charge in [0.05, 0.1) is 23.6 Å². The molecule has 2 atom stereocenters. The summed E-state index contributed by atoms with van der Waals surface area (Å²) in [5.41, 5.74) is 9.50. The maximum Gasteiger partial charge on any atom is 0.407 e. The van der Waals surface area contributed by atoms with Crippen molar-refractivity contribution in [2.45, 2.75) is 68.9 Å². The predicted octanol–water partition coefficient (Wildman–Crippen LogP) is 3.75. The summed E-state index contributed by atoms with van der Waals surface area (Å²) in [5, 5.41) is 27.9. The smallest absolute Gasteiger partial charge is 0.407 e. The minimum atomic E-state index is -0.852. The molecule has 0 spiro atoms. The molecule has 4 N–H and O–H groups in total. The van der Waals surface area contributed by atoms with Crippen LogP contribution in [0, 0.1) is 0 Å². The van der Waals surface area contributed by atoms with Gasteiger partial charge in [-0.25, -0.2) is 9.78 Å². The number of phenolic OH excluding ortho intramolecular Hbond substituents is 1. The summed E-state index contributed by atoms with van der Waals surface area (Å²) >= 11 is 0. The molecule has 5 heterocycles. The Kier molecular flexibility index (Phi) is 7.29. The second kappa shape index (κ2) is 11.4. The van der Waals surface area contributed by atoms with Crippen LogP contribution in [-0.4, -0.2) is 93.0 Å². The average molecular weight is 588 g/mol. The van der Waals surface area contributed by atoms with E-state index in [0.29, 0.717) is 48.1 Å². The molecule has 12 heteroatoms. The number of hydrogen-bond acceptors (Lipinski definition) is 10. The van der Waals surface area contributed by atoms with Gasteiger partial charge in [0.2, 0.25) is 5.88 Å². The van der Waals surface area contributed by atoms with Gasteiger partial charge in [-0.3, -0.25) is 0 Å². The number of fused-ring (bicyclic) bond motifs is 2. The number of amides is 1. The van der Waals surface area contributed by atoms with Crippen molar-refractivity contribution < 1.29 is 24.5 Å². The highest BCUT2D eigenvalue weighted by atomic mass is 16.5. The molecule has 1 saturated carbocycles. The largest absolute Gasteiger partial charge is 0.507 e. The van der Waals surface area contributed by atoms with E-state index in [-0.39, 0.29) is 24.1 Å². The van der Waals surface area contributed by atoms with Gasteiger partial charge in [0.15, 0.2) is 5.82 Å². The molecule has 3 aliphatic heterocycles. The van der Waals surface area contributed by atoms with Gasteiger partial charge in [-0.15, -0.1) is 10.2 Å². The Hall–Kier alpha value is -4.32. The highest BCUT2D eigenvalue weighted by Gasteiger charge is 2.41. The highest BCUT2D eigenvalue weighted by molar-refractivity contribution is 5.74. The number of nitrogen functional groups attached to an aromatic ring is 1. The van der Waals surface area contributed by atoms with Crippen molar-refractivity contribution in [1.82, 2.24) is 20.1 Å². The summed E-state index contributed by atoms with van der Waals surface area (Å²) in [4.78, 5) is 21.9. The van der Waals surface area contributed by atoms with Gasteiger partial charge in [0.1, 0.15) is 11.9 Å². The third-order valence-corrected chi connectivity index (χ3v) is 9.26. The summed E-state index contributed by atoms with van der Waals surface area (Å²) in [7, 11) is 0. The number of aromatic nitrogens is 3. The van der Waals surface area contributed by atoms with Crippen LogP contribution in [0.15, 0.2) is 48.7 Å². The van der Waals surface area contributed by atoms with Crippen molar-refractivity contribution in [3.8, 4) is 22.9 Å². The molecule has 4 fully saturated rings. The number of nitrogens with two attached hydrogens (primary N) is 1. The molecule has 3 aromatic rings. The number of carbonyl (C=O) groups is 1. The standard InChI is InChI=1S/C31H37N7O5/c32-30-27(16-26(34-35-30)25-3-1-2-4-28(25)39)37-17-20-5-6-21(18-37)38(20)19-7-10-33-29(13-19)43-24-14-23(15-24)42-22-8-11-36(12-9-22)31(40)41/h1-4,7,10,13,16,20-24,39H,5-6,8-9,11-12,14-15,17-18H2,(H2,32,35)(H,40,41). The van der Waals surface area contributed by atoms with Gasteiger partial charge in [0, 0.05) is 74.6 Å². The van der Waals surface area contributed by atoms with Crippen LogP contribution in [0.2, 0.25) is 0 Å². The Labute approximate surface area is 250 Å². The monoisotopic (exact) mass is 587 g/mol. The fourth-order valence-electron chi connectivity index (χ4n) is 6.96. The summed E-state index contributed by atoms with van der Waals surface area (Å²) in [6.45, 7) is 2.67. The molecule has 4 aliphatic rings. The number of rotatable bonds is 7. The summed E-state index contributed by atoms with van der Waals surface area (Å²) in [6.07, 6.45) is 6.60. The van der Waals surface area contributed by atoms with Crippen LogP contribution >= 0.6 is 0 Å². The van der Waals surface area contributed by atoms with Crippen molar-refractivity contribution in [2.24, 2.45) is 0 Å². The third-order valence-electron chi connectivity index (χ3n) is 9.26. The topological polar surface area (TPSA) is 150 Å². The molecule has 12 nitrogen and oxygen atoms in total. The van der Waals surface area contributed by atoms with Crippen molar-refractivity contribution in [1.29, 1.82) is 0 Å². The molecule has 2 aromatic heterocycles. The van der Waals surface area contributed by atoms with Crippen LogP contribution < -0.4 is 20.3 Å². The number of piperazine rings is 1. The second-order valence-electron chi connectivity index (χ2n) is 12.0. The quantitative estimate of drug-likeness (QED) is 0.371. The zero-order valence-corrected chi connectivity index (χ0v) is 24.0. The Balaban J connectivity index is 0.964. The van der Waals surface area contributed by atoms with Gasteiger partial charge < -0.3 is 40.1 Å². The molecule has 7 rings (SSSR count). The Morgan fingerprint density at radius 1 is 0.930 bits per heavy atom. The maximum absolute atomic E-state index is 11.1. The van der Waals surface area contributed by atoms with Crippen molar-refractivity contribution in [3.63, 3.8) is 0 Å². The molecule has 2 unspecified atom stereocenters. The Morgan fingerprint density at radius 3 is 2.40 bits per heavy atom. The predicted molar refractivity (Wildman–Crippen MR) is 160 cm³/mol. The first kappa shape index (κ1) is 27.5. The van der Waals surface area contributed by atoms with Crippen LogP contribution in [0.4, 0.5) is 22.0 Å². The fourth-order valence-corrected chi connectivity index (χ4v) is 6.96. The molecule has 0 radical (unpaired) electrons. The summed E-state index contributed by atoms with van der Waals surface area (Å²) < 4.78 is 12.5. The van der Waals surface area contributed by atoms with Gasteiger partial charge in [-0.1, -0.05) is 12.1 Å². The van der Waals surface area contributed by atoms with E-state index in [1.807, 2.05) is 24.4 Å². The molecule has 1 amide bonds. The molecule has 1 aliphatic carbocycles. The number of aromatic hydroxyl groups is 1. The lowest BCUT2D eigenvalue weighted by molar-refractivity contribution is -0.109. The number of anilines is 3. The van der Waals surface area contributed by atoms with Crippen LogP contribution in [-0.2, 0) is 4.74 Å². The van der Waals surface area contributed by atoms with E-state index in [4.69, 9.17) is 20.3 Å². The van der Waals surface area contributed by atoms with Gasteiger partial charge in [-0.2, -0.15) is 0 Å². The summed E-state index contributed by atoms with van der Waals surface area (Å²) in [5.74, 6) is 1.18. The highest BCUT2D eigenvalue weighted by Crippen LogP contribution is 2.40. The number of phenols is 1. The van der Waals surface area contributed by atoms with Crippen LogP contribution in [0.25, 0.3) is 11.3 Å². The van der Waals surface area contributed by atoms with E-state index < -0.39 is 6.09 Å². The molecule has 43 heavy (non-hydrogen) atoms. The number of likely N-dealkylation sites (tertiary alicyclic amines) is 1. The van der Waals surface area contributed by atoms with Crippen molar-refractivity contribution in [2.75, 3.05) is 41.7 Å². The van der Waals surface area contributed by atoms with Crippen LogP contribution in [0.5, 0.6) is 11.6 Å². The van der Waals surface area contributed by atoms with E-state index in [1.165, 1.54) is 4.90 Å². The van der Waals surface area contributed by atoms with Gasteiger partial charge in [0.25, 0.3) is 0 Å². The minimum Gasteiger partial charge on any atom is -0.507 e. The summed E-state index contributed by atoms with van der Waals surface area (Å²) in [6, 6.07) is 13.8. The maximum atomic E-state index is 11.1. The van der Waals surface area contributed by atoms with Crippen LogP contribution in [0.3, 0.4) is 0 Å². The lowest BCUT2D eigenvalue weighted by atomic mass is 9.91. The first-order valence-corrected chi connectivity index (χ1v) is 15.1. The minimum absolute atomic E-state index is 0.0702. The third kappa shape index (κ3) is 5.58. The van der Waals surface area contributed by atoms with Gasteiger partial charge in [-0.05, 0) is 49.9 Å². The Morgan fingerprint density at radius 2 is 1.67 bits per heavy atom. The Bertz CT molecular complexity index is 1460. The first-order valence-electron chi connectivity index (χ1n) is 15.1. The average Bonchev–Trinajstić information content (AvgIpc) is 3.26. The lowest BCUT2D eigenvalue weighted by Gasteiger charge is -2.43. The van der Waals surface area contributed by atoms with E-state index in [1.54, 1.807) is 12.1 Å². The SMILES string of the molecule is Nc1nnc(-c2ccccc2O)cc1N1CC2CCC(C1)N2c1ccnc(OC2CC(OC3CCN(C(=O)O)CC3)C2)c1. The fraction of sp³-hybridized carbons (Fsp3) is 0.484. The van der Waals surface area contributed by atoms with Crippen molar-refractivity contribution >= 4 is 23.3 Å². The normalized spacial score (nSPS) is 25.4. The van der Waals surface area contributed by atoms with E-state index in [0.717, 1.165) is 63.0 Å². The molecule has 3 saturated heterocycles. The number of ether oxygens (including phenoxy) is 2. The van der Waals surface area contributed by atoms with E-state index >= 15 is 0 Å². The van der Waals surface area contributed by atoms with Gasteiger partial charge >= 0.3 is 6.09 Å². The number of para-hydroxylation sites is 1. The first-order chi connectivity index (χ1) is 20.9. The van der Waals surface area contributed by atoms with Crippen LogP contribution in [0.1, 0.15) is 38.5 Å². The van der Waals surface area contributed by atoms with E-state index in [9.17, 15) is 9.90 Å². The number of hydrogen-bond donors (Lipinski definition) is 3. The number of nitrogens with zero attached hydrogens (tertiary/aromatic N) is 6. The molecular formula is C31H37N7O5. The van der Waals surface area contributed by atoms with E-state index in [2.05, 4.69) is 37.1 Å². The number of benzene rings is 1. The number of piperidine rings is 1. The molecule has 1 aromatic carbocycles. The molecular weight excluding hydrogens is 550 g/mol. The number of pyridine rings is 1. The molecule has 226 valence electrons. The second-order valence-corrected chi connectivity index (χ2v) is 12.0. The van der Waals surface area contributed by atoms with Crippen molar-refractivity contribution in [3.05, 3.63) is 48.7 Å². The molecule has 2 bridgehead atoms. The lowest BCUT2D eigenvalue weighted by Crippen LogP contribution is -2.54. The number of carboxylic acid groups (broad SMARTS) is 1. The zero-order valence-electron chi connectivity index (χ0n) is 24.0.